The number of rotatable bonds is 12. The first-order valence-corrected chi connectivity index (χ1v) is 17.8. The summed E-state index contributed by atoms with van der Waals surface area (Å²) in [6, 6.07) is 4.55. The average molecular weight is 671 g/mol. The number of hydrogen-bond acceptors (Lipinski definition) is 9. The molecule has 256 valence electrons. The smallest absolute Gasteiger partial charge is 0.259 e. The number of aromatic nitrogens is 1. The normalized spacial score (nSPS) is 24.8. The van der Waals surface area contributed by atoms with Crippen LogP contribution in [0.1, 0.15) is 71.4 Å². The first-order chi connectivity index (χ1) is 22.1. The van der Waals surface area contributed by atoms with Crippen molar-refractivity contribution in [1.82, 2.24) is 19.9 Å². The summed E-state index contributed by atoms with van der Waals surface area (Å²) < 4.78 is 39.6. The van der Waals surface area contributed by atoms with Crippen LogP contribution in [0, 0.1) is 18.3 Å². The van der Waals surface area contributed by atoms with Crippen molar-refractivity contribution < 1.29 is 37.4 Å². The van der Waals surface area contributed by atoms with Gasteiger partial charge in [0.15, 0.2) is 0 Å². The molecule has 2 heterocycles. The number of pyridine rings is 1. The van der Waals surface area contributed by atoms with E-state index in [1.165, 1.54) is 11.0 Å². The topological polar surface area (TPSA) is 164 Å². The van der Waals surface area contributed by atoms with E-state index in [2.05, 4.69) is 23.5 Å². The Morgan fingerprint density at radius 1 is 1.23 bits per heavy atom. The van der Waals surface area contributed by atoms with Gasteiger partial charge in [-0.2, -0.15) is 0 Å². The van der Waals surface area contributed by atoms with Crippen molar-refractivity contribution in [3.05, 3.63) is 42.0 Å². The van der Waals surface area contributed by atoms with Crippen molar-refractivity contribution in [1.29, 1.82) is 0 Å². The Bertz CT molecular complexity index is 1700. The van der Waals surface area contributed by atoms with E-state index in [0.29, 0.717) is 31.1 Å². The molecule has 1 aromatic carbocycles. The van der Waals surface area contributed by atoms with Gasteiger partial charge in [0.2, 0.25) is 21.8 Å². The second-order valence-electron chi connectivity index (χ2n) is 13.9. The Morgan fingerprint density at radius 3 is 2.51 bits per heavy atom. The standard InChI is InChI=1S/C34H46N4O8S/c1-8-20-11-14-24-26(16-27(45-10-3)35-28(24)19(20)4)46-22-15-25(38(18-22)31(41)29(39)33(5,6)7)30(40)36-34(17-21(34)9-2)32(42)37-47(43,44)23-12-13-23/h9,11,14,16,21-23,25,29,39H,2,8,10,12-13,15,17-18H2,1,3-7H3,(H,36,40)(H,37,42)/t21?,22-,25+,29-,34-/m1/s1. The average Bonchev–Trinajstić information content (AvgIpc) is 3.93. The lowest BCUT2D eigenvalue weighted by atomic mass is 9.88. The molecule has 3 amide bonds. The van der Waals surface area contributed by atoms with E-state index < -0.39 is 68.1 Å². The zero-order valence-electron chi connectivity index (χ0n) is 28.0. The lowest BCUT2D eigenvalue weighted by molar-refractivity contribution is -0.150. The minimum atomic E-state index is -3.86. The number of hydrogen-bond donors (Lipinski definition) is 3. The monoisotopic (exact) mass is 670 g/mol. The third-order valence-corrected chi connectivity index (χ3v) is 11.2. The lowest BCUT2D eigenvalue weighted by Gasteiger charge is -2.32. The Morgan fingerprint density at radius 2 is 1.94 bits per heavy atom. The van der Waals surface area contributed by atoms with Crippen LogP contribution in [0.2, 0.25) is 0 Å². The molecule has 5 rings (SSSR count). The van der Waals surface area contributed by atoms with Crippen LogP contribution in [0.25, 0.3) is 10.9 Å². The fourth-order valence-electron chi connectivity index (χ4n) is 6.22. The number of likely N-dealkylation sites (tertiary alicyclic amines) is 1. The Kier molecular flexibility index (Phi) is 9.37. The SMILES string of the molecule is C=CC1C[C@]1(NC(=O)[C@@H]1C[C@@H](Oc2cc(OCC)nc3c(C)c(CC)ccc23)CN1C(=O)[C@@H](O)C(C)(C)C)C(=O)NS(=O)(=O)C1CC1. The third-order valence-electron chi connectivity index (χ3n) is 9.40. The van der Waals surface area contributed by atoms with Crippen molar-refractivity contribution in [2.24, 2.45) is 11.3 Å². The number of ether oxygens (including phenoxy) is 2. The van der Waals surface area contributed by atoms with Crippen LogP contribution >= 0.6 is 0 Å². The molecule has 3 aliphatic rings. The molecule has 0 radical (unpaired) electrons. The largest absolute Gasteiger partial charge is 0.488 e. The molecule has 0 spiro atoms. The molecule has 2 saturated carbocycles. The van der Waals surface area contributed by atoms with Gasteiger partial charge in [-0.1, -0.05) is 39.8 Å². The molecule has 12 nitrogen and oxygen atoms in total. The number of aryl methyl sites for hydroxylation is 2. The van der Waals surface area contributed by atoms with E-state index >= 15 is 0 Å². The second-order valence-corrected chi connectivity index (χ2v) is 15.9. The van der Waals surface area contributed by atoms with Crippen molar-refractivity contribution >= 4 is 38.6 Å². The summed E-state index contributed by atoms with van der Waals surface area (Å²) >= 11 is 0. The first-order valence-electron chi connectivity index (χ1n) is 16.3. The molecule has 2 aliphatic carbocycles. The summed E-state index contributed by atoms with van der Waals surface area (Å²) in [6.07, 6.45) is 1.43. The van der Waals surface area contributed by atoms with Gasteiger partial charge in [0.05, 0.1) is 23.9 Å². The van der Waals surface area contributed by atoms with E-state index in [9.17, 15) is 27.9 Å². The highest BCUT2D eigenvalue weighted by molar-refractivity contribution is 7.91. The molecular weight excluding hydrogens is 624 g/mol. The van der Waals surface area contributed by atoms with Gasteiger partial charge in [-0.05, 0) is 62.1 Å². The molecule has 3 fully saturated rings. The molecular formula is C34H46N4O8S. The molecule has 5 atom stereocenters. The highest BCUT2D eigenvalue weighted by atomic mass is 32.2. The summed E-state index contributed by atoms with van der Waals surface area (Å²) in [5.74, 6) is -1.74. The Balaban J connectivity index is 1.45. The fourth-order valence-corrected chi connectivity index (χ4v) is 7.58. The van der Waals surface area contributed by atoms with Crippen LogP contribution in [0.4, 0.5) is 0 Å². The van der Waals surface area contributed by atoms with Gasteiger partial charge in [-0.15, -0.1) is 6.58 Å². The number of sulfonamides is 1. The number of aliphatic hydroxyl groups is 1. The van der Waals surface area contributed by atoms with Gasteiger partial charge < -0.3 is 24.8 Å². The number of nitrogens with one attached hydrogen (secondary N) is 2. The molecule has 1 saturated heterocycles. The quantitative estimate of drug-likeness (QED) is 0.288. The number of fused-ring (bicyclic) bond motifs is 1. The second kappa shape index (κ2) is 12.7. The number of aliphatic hydroxyl groups excluding tert-OH is 1. The molecule has 1 aromatic heterocycles. The fraction of sp³-hybridized carbons (Fsp3) is 0.588. The maximum absolute atomic E-state index is 14.0. The zero-order chi connectivity index (χ0) is 34.5. The van der Waals surface area contributed by atoms with Gasteiger partial charge in [0.1, 0.15) is 29.5 Å². The van der Waals surface area contributed by atoms with Gasteiger partial charge in [-0.3, -0.25) is 19.1 Å². The minimum absolute atomic E-state index is 0.00991. The van der Waals surface area contributed by atoms with Crippen molar-refractivity contribution in [2.75, 3.05) is 13.2 Å². The Hall–Kier alpha value is -3.71. The summed E-state index contributed by atoms with van der Waals surface area (Å²) in [4.78, 5) is 47.0. The van der Waals surface area contributed by atoms with E-state index in [4.69, 9.17) is 14.5 Å². The van der Waals surface area contributed by atoms with E-state index in [1.807, 2.05) is 26.0 Å². The lowest BCUT2D eigenvalue weighted by Crippen LogP contribution is -2.57. The van der Waals surface area contributed by atoms with E-state index in [1.54, 1.807) is 26.8 Å². The number of amides is 3. The van der Waals surface area contributed by atoms with Crippen LogP contribution in [-0.4, -0.2) is 83.3 Å². The van der Waals surface area contributed by atoms with Gasteiger partial charge in [-0.25, -0.2) is 13.4 Å². The highest BCUT2D eigenvalue weighted by Gasteiger charge is 2.62. The minimum Gasteiger partial charge on any atom is -0.488 e. The van der Waals surface area contributed by atoms with Crippen molar-refractivity contribution in [3.63, 3.8) is 0 Å². The Labute approximate surface area is 276 Å². The summed E-state index contributed by atoms with van der Waals surface area (Å²) in [7, 11) is -3.86. The molecule has 1 unspecified atom stereocenters. The molecule has 13 heteroatoms. The summed E-state index contributed by atoms with van der Waals surface area (Å²) in [5.41, 5.74) is 0.531. The highest BCUT2D eigenvalue weighted by Crippen LogP contribution is 2.45. The predicted octanol–water partition coefficient (Wildman–Crippen LogP) is 2.93. The molecule has 0 bridgehead atoms. The number of benzene rings is 1. The van der Waals surface area contributed by atoms with Gasteiger partial charge in [0.25, 0.3) is 11.8 Å². The maximum atomic E-state index is 14.0. The number of carbonyl (C=O) groups is 3. The molecule has 1 aliphatic heterocycles. The number of nitrogens with zero attached hydrogens (tertiary/aromatic N) is 2. The summed E-state index contributed by atoms with van der Waals surface area (Å²) in [6.45, 7) is 15.2. The first kappa shape index (κ1) is 34.6. The predicted molar refractivity (Wildman–Crippen MR) is 176 cm³/mol. The van der Waals surface area contributed by atoms with Crippen LogP contribution in [0.15, 0.2) is 30.9 Å². The number of carbonyl (C=O) groups excluding carboxylic acids is 3. The van der Waals surface area contributed by atoms with Crippen LogP contribution < -0.4 is 19.5 Å². The van der Waals surface area contributed by atoms with Crippen LogP contribution in [0.5, 0.6) is 11.6 Å². The van der Waals surface area contributed by atoms with Crippen molar-refractivity contribution in [2.45, 2.75) is 103 Å². The summed E-state index contributed by atoms with van der Waals surface area (Å²) in [5, 5.41) is 13.9. The molecule has 47 heavy (non-hydrogen) atoms. The zero-order valence-corrected chi connectivity index (χ0v) is 28.8. The van der Waals surface area contributed by atoms with Crippen molar-refractivity contribution in [3.8, 4) is 11.6 Å². The van der Waals surface area contributed by atoms with Gasteiger partial charge >= 0.3 is 0 Å². The van der Waals surface area contributed by atoms with Gasteiger partial charge in [0, 0.05) is 23.8 Å². The maximum Gasteiger partial charge on any atom is 0.259 e. The van der Waals surface area contributed by atoms with E-state index in [-0.39, 0.29) is 19.4 Å². The van der Waals surface area contributed by atoms with Crippen LogP contribution in [-0.2, 0) is 30.8 Å². The molecule has 3 N–H and O–H groups in total. The van der Waals surface area contributed by atoms with E-state index in [0.717, 1.165) is 28.5 Å². The molecule has 2 aromatic rings. The van der Waals surface area contributed by atoms with Crippen LogP contribution in [0.3, 0.4) is 0 Å². The third kappa shape index (κ3) is 6.83.